The first kappa shape index (κ1) is 18.3. The zero-order valence-corrected chi connectivity index (χ0v) is 10.3. The Hall–Kier alpha value is 0.450. The predicted molar refractivity (Wildman–Crippen MR) is 68.7 cm³/mol. The van der Waals surface area contributed by atoms with Crippen LogP contribution in [0.4, 0.5) is 0 Å². The Kier molecular flexibility index (Phi) is 34.3. The molecule has 0 radical (unpaired) electrons. The van der Waals surface area contributed by atoms with Gasteiger partial charge in [0, 0.05) is 0 Å². The zero-order chi connectivity index (χ0) is 10.4. The van der Waals surface area contributed by atoms with Crippen molar-refractivity contribution >= 4 is 45.9 Å². The van der Waals surface area contributed by atoms with Gasteiger partial charge in [-0.05, 0) is 37.2 Å². The van der Waals surface area contributed by atoms with Crippen molar-refractivity contribution in [1.82, 2.24) is 0 Å². The molecule has 0 rings (SSSR count). The van der Waals surface area contributed by atoms with Crippen LogP contribution >= 0.6 is 36.4 Å². The van der Waals surface area contributed by atoms with Gasteiger partial charge in [0.2, 0.25) is 0 Å². The lowest BCUT2D eigenvalue weighted by atomic mass is 10.6. The zero-order valence-electron chi connectivity index (χ0n) is 7.87. The first-order chi connectivity index (χ1) is 5.72. The van der Waals surface area contributed by atoms with E-state index in [-0.39, 0.29) is 0 Å². The van der Waals surface area contributed by atoms with E-state index in [0.29, 0.717) is 0 Å². The summed E-state index contributed by atoms with van der Waals surface area (Å²) < 4.78 is 0.870. The third-order valence-electron chi connectivity index (χ3n) is 0.587. The summed E-state index contributed by atoms with van der Waals surface area (Å²) in [5.41, 5.74) is 4.50. The smallest absolute Gasteiger partial charge is 0.0627 e. The van der Waals surface area contributed by atoms with Crippen molar-refractivity contribution in [3.05, 3.63) is 0 Å². The maximum Gasteiger partial charge on any atom is 0.0627 e. The fourth-order valence-electron chi connectivity index (χ4n) is 0.0833. The molecule has 5 heteroatoms. The van der Waals surface area contributed by atoms with Crippen LogP contribution in [0.3, 0.4) is 0 Å². The molecule has 4 N–H and O–H groups in total. The Morgan fingerprint density at radius 2 is 1.75 bits per heavy atom. The van der Waals surface area contributed by atoms with Gasteiger partial charge < -0.3 is 5.73 Å². The largest absolute Gasteiger partial charge is 0.333 e. The molecular formula is C7H18N2S3. The number of hydrogen-bond acceptors (Lipinski definition) is 5. The lowest BCUT2D eigenvalue weighted by molar-refractivity contribution is 1.34. The Morgan fingerprint density at radius 3 is 1.75 bits per heavy atom. The maximum atomic E-state index is 5.06. The molecule has 2 nitrogen and oxygen atoms in total. The Balaban J connectivity index is -0.000000118. The summed E-state index contributed by atoms with van der Waals surface area (Å²) in [5.74, 6) is 0. The van der Waals surface area contributed by atoms with Crippen LogP contribution in [-0.4, -0.2) is 16.6 Å². The van der Waals surface area contributed by atoms with Crippen molar-refractivity contribution in [2.45, 2.75) is 26.7 Å². The second-order valence-electron chi connectivity index (χ2n) is 1.42. The fourth-order valence-corrected chi connectivity index (χ4v) is 0.250. The molecule has 0 aromatic heterocycles. The number of hydrogen-bond donors (Lipinski definition) is 2. The summed E-state index contributed by atoms with van der Waals surface area (Å²) in [4.78, 5) is 0. The summed E-state index contributed by atoms with van der Waals surface area (Å²) in [7, 11) is 1.50. The molecule has 0 heterocycles. The van der Waals surface area contributed by atoms with Crippen LogP contribution in [0.5, 0.6) is 0 Å². The van der Waals surface area contributed by atoms with Crippen LogP contribution in [-0.2, 0) is 0 Å². The van der Waals surface area contributed by atoms with Crippen LogP contribution in [0.2, 0.25) is 0 Å². The second kappa shape index (κ2) is 22.5. The van der Waals surface area contributed by atoms with Gasteiger partial charge in [0.15, 0.2) is 0 Å². The Morgan fingerprint density at radius 1 is 1.42 bits per heavy atom. The molecule has 0 aromatic carbocycles. The standard InChI is InChI=1S/C3H7NS2.C3H6S.CH5N/c1-2-3(5)6-4;1-2-3-4;1-2/h2,4H2,1H3;3H,2H2,1H3;2H2,1H3. The van der Waals surface area contributed by atoms with Crippen LogP contribution in [0, 0.1) is 0 Å². The molecule has 0 amide bonds. The van der Waals surface area contributed by atoms with E-state index in [1.54, 1.807) is 5.37 Å². The molecule has 74 valence electrons. The second-order valence-corrected chi connectivity index (χ2v) is 3.23. The molecule has 0 aliphatic rings. The molecule has 0 aromatic rings. The predicted octanol–water partition coefficient (Wildman–Crippen LogP) is 2.30. The highest BCUT2D eigenvalue weighted by molar-refractivity contribution is 8.21. The summed E-state index contributed by atoms with van der Waals surface area (Å²) in [6.07, 6.45) is 1.91. The molecule has 0 atom stereocenters. The summed E-state index contributed by atoms with van der Waals surface area (Å²) in [6, 6.07) is 0. The molecule has 12 heavy (non-hydrogen) atoms. The topological polar surface area (TPSA) is 52.0 Å². The van der Waals surface area contributed by atoms with Gasteiger partial charge in [0.05, 0.1) is 4.20 Å². The first-order valence-electron chi connectivity index (χ1n) is 3.63. The van der Waals surface area contributed by atoms with Gasteiger partial charge in [0.1, 0.15) is 0 Å². The number of rotatable bonds is 2. The van der Waals surface area contributed by atoms with Crippen LogP contribution in [0.15, 0.2) is 0 Å². The fraction of sp³-hybridized carbons (Fsp3) is 0.714. The van der Waals surface area contributed by atoms with Crippen molar-refractivity contribution in [2.75, 3.05) is 7.05 Å². The van der Waals surface area contributed by atoms with E-state index < -0.39 is 0 Å². The summed E-state index contributed by atoms with van der Waals surface area (Å²) in [6.45, 7) is 4.01. The van der Waals surface area contributed by atoms with E-state index in [1.165, 1.54) is 7.05 Å². The number of thiocarbonyl (C=S) groups is 2. The van der Waals surface area contributed by atoms with Gasteiger partial charge >= 0.3 is 0 Å². The molecule has 0 aliphatic heterocycles. The molecule has 0 bridgehead atoms. The van der Waals surface area contributed by atoms with E-state index >= 15 is 0 Å². The maximum absolute atomic E-state index is 5.06. The number of nitrogens with two attached hydrogens (primary N) is 2. The highest BCUT2D eigenvalue weighted by atomic mass is 32.2. The highest BCUT2D eigenvalue weighted by Crippen LogP contribution is 1.95. The van der Waals surface area contributed by atoms with Crippen molar-refractivity contribution in [2.24, 2.45) is 10.9 Å². The van der Waals surface area contributed by atoms with Gasteiger partial charge in [0.25, 0.3) is 0 Å². The van der Waals surface area contributed by atoms with E-state index in [2.05, 4.69) is 18.0 Å². The SMILES string of the molecule is CCC(=S)SN.CCC=S.CN. The van der Waals surface area contributed by atoms with Crippen molar-refractivity contribution < 1.29 is 0 Å². The summed E-state index contributed by atoms with van der Waals surface area (Å²) in [5, 5.41) is 6.77. The van der Waals surface area contributed by atoms with Gasteiger partial charge in [-0.15, -0.1) is 0 Å². The third kappa shape index (κ3) is 31.4. The van der Waals surface area contributed by atoms with E-state index in [9.17, 15) is 0 Å². The average Bonchev–Trinajstić information content (AvgIpc) is 2.20. The molecule has 0 spiro atoms. The lowest BCUT2D eigenvalue weighted by Gasteiger charge is -1.85. The van der Waals surface area contributed by atoms with Crippen LogP contribution in [0.1, 0.15) is 26.7 Å². The third-order valence-corrected chi connectivity index (χ3v) is 2.05. The Labute approximate surface area is 90.6 Å². The quantitative estimate of drug-likeness (QED) is 0.559. The van der Waals surface area contributed by atoms with Crippen LogP contribution < -0.4 is 10.9 Å². The van der Waals surface area contributed by atoms with Gasteiger partial charge in [-0.3, -0.25) is 5.14 Å². The van der Waals surface area contributed by atoms with Crippen molar-refractivity contribution in [1.29, 1.82) is 0 Å². The van der Waals surface area contributed by atoms with Crippen molar-refractivity contribution in [3.63, 3.8) is 0 Å². The molecule has 0 unspecified atom stereocenters. The average molecular weight is 226 g/mol. The van der Waals surface area contributed by atoms with E-state index in [0.717, 1.165) is 29.0 Å². The van der Waals surface area contributed by atoms with E-state index in [4.69, 9.17) is 17.4 Å². The highest BCUT2D eigenvalue weighted by Gasteiger charge is 1.82. The molecule has 0 fully saturated rings. The van der Waals surface area contributed by atoms with E-state index in [1.807, 2.05) is 13.8 Å². The molecule has 0 saturated carbocycles. The van der Waals surface area contributed by atoms with Gasteiger partial charge in [-0.25, -0.2) is 0 Å². The van der Waals surface area contributed by atoms with Crippen molar-refractivity contribution in [3.8, 4) is 0 Å². The first-order valence-corrected chi connectivity index (χ1v) is 5.39. The Bertz CT molecular complexity index is 90.7. The monoisotopic (exact) mass is 226 g/mol. The minimum Gasteiger partial charge on any atom is -0.333 e. The summed E-state index contributed by atoms with van der Waals surface area (Å²) >= 11 is 10.3. The minimum atomic E-state index is 0.870. The van der Waals surface area contributed by atoms with Crippen LogP contribution in [0.25, 0.3) is 0 Å². The minimum absolute atomic E-state index is 0.870. The normalized spacial score (nSPS) is 6.75. The molecule has 0 saturated heterocycles. The van der Waals surface area contributed by atoms with Gasteiger partial charge in [-0.2, -0.15) is 0 Å². The lowest BCUT2D eigenvalue weighted by Crippen LogP contribution is -1.87. The molecule has 0 aliphatic carbocycles. The van der Waals surface area contributed by atoms with Gasteiger partial charge in [-0.1, -0.05) is 38.3 Å². The molecular weight excluding hydrogens is 208 g/mol.